The molecule has 1 amide bonds. The molecular formula is C28H26N6O2S. The number of aromatic nitrogens is 4. The largest absolute Gasteiger partial charge is 0.497 e. The minimum Gasteiger partial charge on any atom is -0.497 e. The molecule has 1 fully saturated rings. The van der Waals surface area contributed by atoms with Gasteiger partial charge in [0.25, 0.3) is 5.91 Å². The zero-order chi connectivity index (χ0) is 25.2. The number of imidazole rings is 1. The fraction of sp³-hybridized carbons (Fsp3) is 0.214. The van der Waals surface area contributed by atoms with Gasteiger partial charge in [-0.25, -0.2) is 15.0 Å². The van der Waals surface area contributed by atoms with E-state index >= 15 is 0 Å². The first-order chi connectivity index (χ1) is 18.2. The molecule has 2 N–H and O–H groups in total. The number of carbonyl (C=O) groups excluding carboxylic acids is 1. The molecule has 186 valence electrons. The van der Waals surface area contributed by atoms with E-state index < -0.39 is 0 Å². The van der Waals surface area contributed by atoms with Crippen LogP contribution in [0.2, 0.25) is 0 Å². The number of nitrogens with one attached hydrogen (secondary N) is 2. The van der Waals surface area contributed by atoms with Crippen LogP contribution in [0.4, 0.5) is 5.82 Å². The zero-order valence-corrected chi connectivity index (χ0v) is 21.2. The van der Waals surface area contributed by atoms with Gasteiger partial charge in [0, 0.05) is 29.1 Å². The van der Waals surface area contributed by atoms with Crippen LogP contribution in [-0.4, -0.2) is 45.1 Å². The van der Waals surface area contributed by atoms with Crippen LogP contribution in [0, 0.1) is 0 Å². The second-order valence-electron chi connectivity index (χ2n) is 9.01. The van der Waals surface area contributed by atoms with Gasteiger partial charge in [-0.05, 0) is 60.5 Å². The molecule has 5 aromatic rings. The average molecular weight is 511 g/mol. The third-order valence-electron chi connectivity index (χ3n) is 6.36. The van der Waals surface area contributed by atoms with Crippen molar-refractivity contribution in [3.63, 3.8) is 0 Å². The van der Waals surface area contributed by atoms with Crippen LogP contribution in [0.5, 0.6) is 5.75 Å². The van der Waals surface area contributed by atoms with Crippen molar-refractivity contribution >= 4 is 34.2 Å². The van der Waals surface area contributed by atoms with Crippen molar-refractivity contribution in [2.75, 3.05) is 19.0 Å². The Hall–Kier alpha value is -4.24. The van der Waals surface area contributed by atoms with Gasteiger partial charge in [0.05, 0.1) is 12.8 Å². The second kappa shape index (κ2) is 10.0. The Kier molecular flexibility index (Phi) is 6.28. The van der Waals surface area contributed by atoms with Crippen LogP contribution >= 0.6 is 11.3 Å². The van der Waals surface area contributed by atoms with E-state index in [9.17, 15) is 4.79 Å². The van der Waals surface area contributed by atoms with Crippen LogP contribution in [0.25, 0.3) is 28.2 Å². The molecule has 2 aromatic carbocycles. The normalized spacial score (nSPS) is 13.0. The SMILES string of the molecule is COc1ccc(CCNc2nc(-c3ccc(C(=O)NC4CC4)cc3)nc3c2ncn3-c2ccsc2)cc1. The molecule has 0 spiro atoms. The monoisotopic (exact) mass is 510 g/mol. The number of benzene rings is 2. The van der Waals surface area contributed by atoms with Gasteiger partial charge in [0.2, 0.25) is 0 Å². The third kappa shape index (κ3) is 5.03. The Morgan fingerprint density at radius 1 is 1.08 bits per heavy atom. The van der Waals surface area contributed by atoms with E-state index in [0.717, 1.165) is 41.9 Å². The summed E-state index contributed by atoms with van der Waals surface area (Å²) in [5.41, 5.74) is 5.12. The first-order valence-corrected chi connectivity index (χ1v) is 13.2. The summed E-state index contributed by atoms with van der Waals surface area (Å²) >= 11 is 1.62. The van der Waals surface area contributed by atoms with Crippen molar-refractivity contribution in [2.45, 2.75) is 25.3 Å². The zero-order valence-electron chi connectivity index (χ0n) is 20.3. The maximum Gasteiger partial charge on any atom is 0.251 e. The summed E-state index contributed by atoms with van der Waals surface area (Å²) in [6.07, 6.45) is 4.72. The third-order valence-corrected chi connectivity index (χ3v) is 7.03. The number of nitrogens with zero attached hydrogens (tertiary/aromatic N) is 4. The maximum atomic E-state index is 12.4. The molecule has 0 radical (unpaired) electrons. The lowest BCUT2D eigenvalue weighted by Gasteiger charge is -2.10. The minimum absolute atomic E-state index is 0.0400. The summed E-state index contributed by atoms with van der Waals surface area (Å²) < 4.78 is 7.23. The lowest BCUT2D eigenvalue weighted by atomic mass is 10.1. The van der Waals surface area contributed by atoms with Crippen molar-refractivity contribution in [3.8, 4) is 22.8 Å². The van der Waals surface area contributed by atoms with Crippen molar-refractivity contribution in [3.05, 3.63) is 82.8 Å². The highest BCUT2D eigenvalue weighted by molar-refractivity contribution is 7.08. The molecule has 9 heteroatoms. The maximum absolute atomic E-state index is 12.4. The molecule has 0 unspecified atom stereocenters. The van der Waals surface area contributed by atoms with Gasteiger partial charge in [-0.3, -0.25) is 9.36 Å². The number of amides is 1. The number of rotatable bonds is 9. The van der Waals surface area contributed by atoms with E-state index in [1.165, 1.54) is 5.56 Å². The van der Waals surface area contributed by atoms with Gasteiger partial charge in [-0.15, -0.1) is 0 Å². The van der Waals surface area contributed by atoms with E-state index in [1.807, 2.05) is 52.4 Å². The van der Waals surface area contributed by atoms with E-state index in [2.05, 4.69) is 33.1 Å². The fourth-order valence-corrected chi connectivity index (χ4v) is 4.75. The summed E-state index contributed by atoms with van der Waals surface area (Å²) in [5.74, 6) is 2.05. The van der Waals surface area contributed by atoms with E-state index in [4.69, 9.17) is 14.7 Å². The second-order valence-corrected chi connectivity index (χ2v) is 9.79. The highest BCUT2D eigenvalue weighted by atomic mass is 32.1. The number of hydrogen-bond donors (Lipinski definition) is 2. The lowest BCUT2D eigenvalue weighted by molar-refractivity contribution is 0.0951. The van der Waals surface area contributed by atoms with Crippen LogP contribution in [-0.2, 0) is 6.42 Å². The van der Waals surface area contributed by atoms with Crippen molar-refractivity contribution in [1.29, 1.82) is 0 Å². The van der Waals surface area contributed by atoms with Gasteiger partial charge in [-0.2, -0.15) is 11.3 Å². The lowest BCUT2D eigenvalue weighted by Crippen LogP contribution is -2.25. The first kappa shape index (κ1) is 23.2. The molecule has 3 aromatic heterocycles. The Balaban J connectivity index is 1.30. The Bertz CT molecular complexity index is 1520. The summed E-state index contributed by atoms with van der Waals surface area (Å²) in [7, 11) is 1.67. The molecule has 1 aliphatic carbocycles. The first-order valence-electron chi connectivity index (χ1n) is 12.2. The Morgan fingerprint density at radius 3 is 2.59 bits per heavy atom. The number of hydrogen-bond acceptors (Lipinski definition) is 7. The Labute approximate surface area is 218 Å². The average Bonchev–Trinajstić information content (AvgIpc) is 3.39. The molecule has 1 saturated carbocycles. The highest BCUT2D eigenvalue weighted by Gasteiger charge is 2.24. The van der Waals surface area contributed by atoms with Gasteiger partial charge in [0.15, 0.2) is 22.8 Å². The number of ether oxygens (including phenoxy) is 1. The smallest absolute Gasteiger partial charge is 0.251 e. The molecule has 37 heavy (non-hydrogen) atoms. The van der Waals surface area contributed by atoms with Crippen molar-refractivity contribution in [2.24, 2.45) is 0 Å². The highest BCUT2D eigenvalue weighted by Crippen LogP contribution is 2.27. The van der Waals surface area contributed by atoms with Crippen molar-refractivity contribution < 1.29 is 9.53 Å². The Morgan fingerprint density at radius 2 is 1.89 bits per heavy atom. The predicted octanol–water partition coefficient (Wildman–Crippen LogP) is 5.10. The number of fused-ring (bicyclic) bond motifs is 1. The summed E-state index contributed by atoms with van der Waals surface area (Å²) in [6, 6.07) is 17.9. The molecule has 0 aliphatic heterocycles. The van der Waals surface area contributed by atoms with Gasteiger partial charge in [-0.1, -0.05) is 24.3 Å². The van der Waals surface area contributed by atoms with E-state index in [-0.39, 0.29) is 5.91 Å². The van der Waals surface area contributed by atoms with Crippen LogP contribution < -0.4 is 15.4 Å². The number of carbonyl (C=O) groups is 1. The molecule has 0 bridgehead atoms. The summed E-state index contributed by atoms with van der Waals surface area (Å²) in [4.78, 5) is 26.8. The molecule has 1 aliphatic rings. The van der Waals surface area contributed by atoms with Crippen molar-refractivity contribution in [1.82, 2.24) is 24.8 Å². The van der Waals surface area contributed by atoms with Gasteiger partial charge < -0.3 is 15.4 Å². The van der Waals surface area contributed by atoms with Gasteiger partial charge in [0.1, 0.15) is 12.1 Å². The molecule has 6 rings (SSSR count). The summed E-state index contributed by atoms with van der Waals surface area (Å²) in [6.45, 7) is 0.684. The molecule has 0 saturated heterocycles. The number of methoxy groups -OCH3 is 1. The number of anilines is 1. The fourth-order valence-electron chi connectivity index (χ4n) is 4.12. The molecule has 3 heterocycles. The quantitative estimate of drug-likeness (QED) is 0.287. The molecular weight excluding hydrogens is 484 g/mol. The van der Waals surface area contributed by atoms with E-state index in [1.54, 1.807) is 24.8 Å². The topological polar surface area (TPSA) is 94.0 Å². The minimum atomic E-state index is -0.0400. The summed E-state index contributed by atoms with van der Waals surface area (Å²) in [5, 5.41) is 10.6. The molecule has 8 nitrogen and oxygen atoms in total. The van der Waals surface area contributed by atoms with E-state index in [0.29, 0.717) is 35.3 Å². The van der Waals surface area contributed by atoms with Crippen LogP contribution in [0.15, 0.2) is 71.7 Å². The number of thiophene rings is 1. The van der Waals surface area contributed by atoms with Gasteiger partial charge >= 0.3 is 0 Å². The van der Waals surface area contributed by atoms with Crippen LogP contribution in [0.1, 0.15) is 28.8 Å². The van der Waals surface area contributed by atoms with Crippen LogP contribution in [0.3, 0.4) is 0 Å². The molecule has 0 atom stereocenters. The standard InChI is InChI=1S/C28H26N6O2S/c1-36-23-10-2-18(3-11-23)12-14-29-26-24-27(34(17-30-24)22-13-15-37-16-22)33-25(32-26)19-4-6-20(7-5-19)28(35)31-21-8-9-21/h2-7,10-11,13,15-17,21H,8-9,12,14H2,1H3,(H,31,35)(H,29,32,33). The predicted molar refractivity (Wildman–Crippen MR) is 146 cm³/mol.